The fraction of sp³-hybridized carbons (Fsp3) is 0. The average molecular weight is 240 g/mol. The maximum Gasteiger partial charge on any atom is 0.323 e. The molecule has 0 aliphatic heterocycles. The van der Waals surface area contributed by atoms with Gasteiger partial charge in [0.2, 0.25) is 0 Å². The molecule has 0 atom stereocenters. The Hall–Kier alpha value is -0.840. The van der Waals surface area contributed by atoms with Crippen LogP contribution in [0.2, 0.25) is 5.02 Å². The fourth-order valence-corrected chi connectivity index (χ4v) is 3.58. The van der Waals surface area contributed by atoms with Gasteiger partial charge >= 0.3 is 10.3 Å². The Labute approximate surface area is 92.3 Å². The molecule has 0 aliphatic rings. The number of hydrogen-bond donors (Lipinski definition) is 0. The third-order valence-corrected chi connectivity index (χ3v) is 4.20. The van der Waals surface area contributed by atoms with Crippen molar-refractivity contribution >= 4 is 53.5 Å². The predicted octanol–water partition coefficient (Wildman–Crippen LogP) is 3.84. The standard InChI is InChI=1S/C9H4ClN2S2/c10-7-3-8-9(12-14-13-8)6-4-11-2-1-5(6)7/h1-4H/q+1. The summed E-state index contributed by atoms with van der Waals surface area (Å²) >= 11 is 6.15. The molecular formula is C9H4ClN2S2+. The molecule has 2 aromatic heterocycles. The summed E-state index contributed by atoms with van der Waals surface area (Å²) in [6.07, 6.45) is 3.56. The third-order valence-electron chi connectivity index (χ3n) is 2.08. The van der Waals surface area contributed by atoms with Gasteiger partial charge in [-0.1, -0.05) is 11.6 Å². The van der Waals surface area contributed by atoms with Crippen LogP contribution in [0.1, 0.15) is 0 Å². The number of nitrogens with zero attached hydrogens (tertiary/aromatic N) is 2. The van der Waals surface area contributed by atoms with Crippen LogP contribution >= 0.6 is 32.5 Å². The highest BCUT2D eigenvalue weighted by molar-refractivity contribution is 7.69. The Balaban J connectivity index is 2.67. The van der Waals surface area contributed by atoms with Gasteiger partial charge in [0, 0.05) is 29.2 Å². The van der Waals surface area contributed by atoms with Crippen LogP contribution in [0.4, 0.5) is 0 Å². The lowest BCUT2D eigenvalue weighted by Gasteiger charge is -1.96. The normalized spacial score (nSPS) is 11.2. The maximum atomic E-state index is 6.15. The second-order valence-corrected chi connectivity index (χ2v) is 5.17. The largest absolute Gasteiger partial charge is 0.323 e. The molecule has 1 aromatic carbocycles. The first-order chi connectivity index (χ1) is 6.86. The number of rotatable bonds is 0. The predicted molar refractivity (Wildman–Crippen MR) is 62.2 cm³/mol. The van der Waals surface area contributed by atoms with Gasteiger partial charge in [-0.05, 0) is 6.07 Å². The molecule has 68 valence electrons. The highest BCUT2D eigenvalue weighted by atomic mass is 35.5. The van der Waals surface area contributed by atoms with Crippen LogP contribution in [-0.4, -0.2) is 9.36 Å². The molecular weight excluding hydrogens is 236 g/mol. The molecule has 3 rings (SSSR count). The van der Waals surface area contributed by atoms with Crippen molar-refractivity contribution in [3.05, 3.63) is 29.5 Å². The Kier molecular flexibility index (Phi) is 1.87. The fourth-order valence-electron chi connectivity index (χ4n) is 1.44. The molecule has 0 N–H and O–H groups in total. The van der Waals surface area contributed by atoms with Gasteiger partial charge in [0.15, 0.2) is 5.52 Å². The van der Waals surface area contributed by atoms with E-state index in [1.807, 2.05) is 18.3 Å². The van der Waals surface area contributed by atoms with Gasteiger partial charge in [0.05, 0.1) is 5.02 Å². The van der Waals surface area contributed by atoms with Crippen LogP contribution in [0, 0.1) is 0 Å². The Bertz CT molecular complexity index is 620. The molecule has 2 nitrogen and oxygen atoms in total. The number of halogens is 1. The van der Waals surface area contributed by atoms with Crippen LogP contribution in [0.15, 0.2) is 24.5 Å². The highest BCUT2D eigenvalue weighted by Gasteiger charge is 2.15. The first kappa shape index (κ1) is 8.47. The lowest BCUT2D eigenvalue weighted by atomic mass is 10.1. The molecule has 0 spiro atoms. The van der Waals surface area contributed by atoms with E-state index in [1.165, 1.54) is 10.5 Å². The second kappa shape index (κ2) is 3.08. The van der Waals surface area contributed by atoms with Crippen molar-refractivity contribution in [2.24, 2.45) is 0 Å². The quantitative estimate of drug-likeness (QED) is 0.440. The van der Waals surface area contributed by atoms with E-state index in [0.717, 1.165) is 26.0 Å². The van der Waals surface area contributed by atoms with Crippen molar-refractivity contribution in [2.75, 3.05) is 0 Å². The first-order valence-electron chi connectivity index (χ1n) is 3.97. The molecule has 3 aromatic rings. The summed E-state index contributed by atoms with van der Waals surface area (Å²) in [4.78, 5) is 4.09. The smallest absolute Gasteiger partial charge is 0.264 e. The van der Waals surface area contributed by atoms with Gasteiger partial charge in [0.1, 0.15) is 0 Å². The van der Waals surface area contributed by atoms with Crippen LogP contribution in [-0.2, 0) is 0 Å². The van der Waals surface area contributed by atoms with Crippen LogP contribution in [0.5, 0.6) is 0 Å². The van der Waals surface area contributed by atoms with E-state index in [4.69, 9.17) is 11.6 Å². The molecule has 0 aliphatic carbocycles. The van der Waals surface area contributed by atoms with E-state index in [9.17, 15) is 0 Å². The van der Waals surface area contributed by atoms with E-state index in [0.29, 0.717) is 0 Å². The SMILES string of the molecule is Clc1cc2[s+]snc2c2cnccc12. The van der Waals surface area contributed by atoms with Gasteiger partial charge < -0.3 is 0 Å². The number of fused-ring (bicyclic) bond motifs is 3. The van der Waals surface area contributed by atoms with Crippen LogP contribution in [0.3, 0.4) is 0 Å². The minimum Gasteiger partial charge on any atom is -0.264 e. The monoisotopic (exact) mass is 239 g/mol. The number of aromatic nitrogens is 2. The first-order valence-corrected chi connectivity index (χ1v) is 6.46. The van der Waals surface area contributed by atoms with E-state index in [2.05, 4.69) is 9.36 Å². The van der Waals surface area contributed by atoms with Crippen LogP contribution in [0.25, 0.3) is 21.0 Å². The van der Waals surface area contributed by atoms with E-state index >= 15 is 0 Å². The highest BCUT2D eigenvalue weighted by Crippen LogP contribution is 2.33. The number of hydrogen-bond acceptors (Lipinski definition) is 3. The number of pyridine rings is 1. The Morgan fingerprint density at radius 2 is 2.29 bits per heavy atom. The maximum absolute atomic E-state index is 6.15. The Morgan fingerprint density at radius 1 is 1.36 bits per heavy atom. The second-order valence-electron chi connectivity index (χ2n) is 2.88. The van der Waals surface area contributed by atoms with Crippen molar-refractivity contribution in [1.29, 1.82) is 0 Å². The molecule has 5 heteroatoms. The zero-order valence-electron chi connectivity index (χ0n) is 6.90. The third kappa shape index (κ3) is 1.11. The van der Waals surface area contributed by atoms with E-state index in [-0.39, 0.29) is 0 Å². The molecule has 14 heavy (non-hydrogen) atoms. The van der Waals surface area contributed by atoms with Gasteiger partial charge in [-0.25, -0.2) is 0 Å². The molecule has 0 bridgehead atoms. The van der Waals surface area contributed by atoms with Gasteiger partial charge in [-0.3, -0.25) is 4.98 Å². The summed E-state index contributed by atoms with van der Waals surface area (Å²) in [6.45, 7) is 0. The minimum atomic E-state index is 0.770. The molecule has 0 amide bonds. The minimum absolute atomic E-state index is 0.770. The number of benzene rings is 1. The lowest BCUT2D eigenvalue weighted by Crippen LogP contribution is -1.78. The van der Waals surface area contributed by atoms with Crippen LogP contribution < -0.4 is 0 Å². The topological polar surface area (TPSA) is 25.8 Å². The van der Waals surface area contributed by atoms with Gasteiger partial charge in [-0.2, -0.15) is 0 Å². The summed E-state index contributed by atoms with van der Waals surface area (Å²) in [5, 5.41) is 2.83. The van der Waals surface area contributed by atoms with E-state index < -0.39 is 0 Å². The van der Waals surface area contributed by atoms with Crippen molar-refractivity contribution in [2.45, 2.75) is 0 Å². The van der Waals surface area contributed by atoms with E-state index in [1.54, 1.807) is 16.5 Å². The molecule has 0 saturated heterocycles. The summed E-state index contributed by atoms with van der Waals surface area (Å²) in [6, 6.07) is 3.88. The Morgan fingerprint density at radius 3 is 3.21 bits per heavy atom. The zero-order chi connectivity index (χ0) is 9.54. The zero-order valence-corrected chi connectivity index (χ0v) is 9.29. The van der Waals surface area contributed by atoms with Crippen molar-refractivity contribution < 1.29 is 0 Å². The molecule has 0 saturated carbocycles. The van der Waals surface area contributed by atoms with Crippen molar-refractivity contribution in [3.8, 4) is 0 Å². The summed E-state index contributed by atoms with van der Waals surface area (Å²) in [5.41, 5.74) is 1.01. The molecule has 0 unspecified atom stereocenters. The molecule has 2 heterocycles. The summed E-state index contributed by atoms with van der Waals surface area (Å²) < 4.78 is 5.47. The molecule has 0 fully saturated rings. The van der Waals surface area contributed by atoms with Gasteiger partial charge in [-0.15, -0.1) is 4.37 Å². The average Bonchev–Trinajstić information content (AvgIpc) is 2.66. The summed E-state index contributed by atoms with van der Waals surface area (Å²) in [7, 11) is 3.12. The molecule has 0 radical (unpaired) electrons. The summed E-state index contributed by atoms with van der Waals surface area (Å²) in [5.74, 6) is 0. The lowest BCUT2D eigenvalue weighted by molar-refractivity contribution is 1.37. The van der Waals surface area contributed by atoms with Gasteiger partial charge in [0.25, 0.3) is 15.2 Å². The van der Waals surface area contributed by atoms with Crippen molar-refractivity contribution in [1.82, 2.24) is 9.36 Å². The van der Waals surface area contributed by atoms with Crippen molar-refractivity contribution in [3.63, 3.8) is 0 Å².